The molecule has 3 atom stereocenters. The smallest absolute Gasteiger partial charge is 0.0251 e. The fraction of sp³-hybridized carbons (Fsp3) is 1.00. The third kappa shape index (κ3) is 4.67. The Kier molecular flexibility index (Phi) is 6.51. The zero-order valence-electron chi connectivity index (χ0n) is 14.9. The summed E-state index contributed by atoms with van der Waals surface area (Å²) in [5.74, 6) is 2.68. The second-order valence-corrected chi connectivity index (χ2v) is 8.02. The van der Waals surface area contributed by atoms with E-state index in [4.69, 9.17) is 0 Å². The van der Waals surface area contributed by atoms with E-state index >= 15 is 0 Å². The van der Waals surface area contributed by atoms with E-state index in [9.17, 15) is 0 Å². The molecule has 0 spiro atoms. The lowest BCUT2D eigenvalue weighted by atomic mass is 9.76. The van der Waals surface area contributed by atoms with Crippen molar-refractivity contribution < 1.29 is 0 Å². The third-order valence-corrected chi connectivity index (χ3v) is 5.91. The molecule has 1 N–H and O–H groups in total. The van der Waals surface area contributed by atoms with E-state index in [1.165, 1.54) is 51.7 Å². The molecule has 3 nitrogen and oxygen atoms in total. The van der Waals surface area contributed by atoms with E-state index < -0.39 is 0 Å². The average molecular weight is 296 g/mol. The highest BCUT2D eigenvalue weighted by Gasteiger charge is 2.36. The van der Waals surface area contributed by atoms with Crippen molar-refractivity contribution in [2.75, 3.05) is 40.8 Å². The molecule has 2 aliphatic rings. The standard InChI is InChI=1S/C18H37N3/c1-14(2)16-6-7-17(19-3)18(12-16)21-10-8-15(9-11-21)13-20(4)5/h14-19H,6-13H2,1-5H3. The summed E-state index contributed by atoms with van der Waals surface area (Å²) < 4.78 is 0. The minimum Gasteiger partial charge on any atom is -0.315 e. The van der Waals surface area contributed by atoms with Crippen LogP contribution < -0.4 is 5.32 Å². The van der Waals surface area contributed by atoms with Gasteiger partial charge in [0, 0.05) is 18.6 Å². The molecule has 0 radical (unpaired) electrons. The molecule has 3 heteroatoms. The minimum absolute atomic E-state index is 0.713. The van der Waals surface area contributed by atoms with Crippen molar-refractivity contribution in [1.82, 2.24) is 15.1 Å². The van der Waals surface area contributed by atoms with Gasteiger partial charge in [0.05, 0.1) is 0 Å². The van der Waals surface area contributed by atoms with Crippen LogP contribution in [0.3, 0.4) is 0 Å². The number of hydrogen-bond acceptors (Lipinski definition) is 3. The van der Waals surface area contributed by atoms with Crippen LogP contribution in [-0.2, 0) is 0 Å². The van der Waals surface area contributed by atoms with Crippen LogP contribution in [0, 0.1) is 17.8 Å². The molecular formula is C18H37N3. The van der Waals surface area contributed by atoms with E-state index in [1.807, 2.05) is 0 Å². The van der Waals surface area contributed by atoms with Gasteiger partial charge in [-0.25, -0.2) is 0 Å². The van der Waals surface area contributed by atoms with Gasteiger partial charge in [-0.15, -0.1) is 0 Å². The van der Waals surface area contributed by atoms with Crippen molar-refractivity contribution >= 4 is 0 Å². The second-order valence-electron chi connectivity index (χ2n) is 8.02. The molecule has 3 unspecified atom stereocenters. The van der Waals surface area contributed by atoms with Crippen molar-refractivity contribution in [3.63, 3.8) is 0 Å². The Hall–Kier alpha value is -0.120. The quantitative estimate of drug-likeness (QED) is 0.841. The maximum atomic E-state index is 3.60. The van der Waals surface area contributed by atoms with Crippen molar-refractivity contribution in [3.8, 4) is 0 Å². The van der Waals surface area contributed by atoms with Crippen LogP contribution in [0.5, 0.6) is 0 Å². The van der Waals surface area contributed by atoms with Crippen molar-refractivity contribution in [3.05, 3.63) is 0 Å². The molecule has 0 bridgehead atoms. The van der Waals surface area contributed by atoms with E-state index in [-0.39, 0.29) is 0 Å². The van der Waals surface area contributed by atoms with Crippen LogP contribution in [0.1, 0.15) is 46.0 Å². The SMILES string of the molecule is CNC1CCC(C(C)C)CC1N1CCC(CN(C)C)CC1. The molecule has 0 aromatic carbocycles. The lowest BCUT2D eigenvalue weighted by Crippen LogP contribution is -2.55. The Balaban J connectivity index is 1.89. The second kappa shape index (κ2) is 7.94. The average Bonchev–Trinajstić information content (AvgIpc) is 2.46. The first-order valence-corrected chi connectivity index (χ1v) is 9.07. The van der Waals surface area contributed by atoms with Gasteiger partial charge < -0.3 is 10.2 Å². The first-order valence-electron chi connectivity index (χ1n) is 9.07. The lowest BCUT2D eigenvalue weighted by Gasteiger charge is -2.46. The summed E-state index contributed by atoms with van der Waals surface area (Å²) in [5, 5.41) is 3.60. The number of piperidine rings is 1. The number of likely N-dealkylation sites (tertiary alicyclic amines) is 1. The van der Waals surface area contributed by atoms with Gasteiger partial charge in [-0.2, -0.15) is 0 Å². The van der Waals surface area contributed by atoms with Gasteiger partial charge in [0.2, 0.25) is 0 Å². The zero-order valence-corrected chi connectivity index (χ0v) is 14.9. The molecule has 1 saturated carbocycles. The van der Waals surface area contributed by atoms with Crippen molar-refractivity contribution in [2.45, 2.75) is 58.0 Å². The molecule has 21 heavy (non-hydrogen) atoms. The summed E-state index contributed by atoms with van der Waals surface area (Å²) >= 11 is 0. The Morgan fingerprint density at radius 3 is 2.29 bits per heavy atom. The number of nitrogens with one attached hydrogen (secondary N) is 1. The maximum Gasteiger partial charge on any atom is 0.0251 e. The molecule has 0 aromatic heterocycles. The molecule has 1 saturated heterocycles. The summed E-state index contributed by atoms with van der Waals surface area (Å²) in [4.78, 5) is 5.16. The summed E-state index contributed by atoms with van der Waals surface area (Å²) in [6, 6.07) is 1.49. The minimum atomic E-state index is 0.713. The fourth-order valence-electron chi connectivity index (χ4n) is 4.51. The van der Waals surface area contributed by atoms with Crippen LogP contribution >= 0.6 is 0 Å². The third-order valence-electron chi connectivity index (χ3n) is 5.91. The highest BCUT2D eigenvalue weighted by molar-refractivity contribution is 4.93. The van der Waals surface area contributed by atoms with Crippen molar-refractivity contribution in [1.29, 1.82) is 0 Å². The number of nitrogens with zero attached hydrogens (tertiary/aromatic N) is 2. The highest BCUT2D eigenvalue weighted by Crippen LogP contribution is 2.34. The van der Waals surface area contributed by atoms with E-state index in [2.05, 4.69) is 50.1 Å². The molecule has 2 rings (SSSR count). The monoisotopic (exact) mass is 295 g/mol. The Labute approximate surface area is 132 Å². The molecule has 0 aromatic rings. The first kappa shape index (κ1) is 17.2. The number of hydrogen-bond donors (Lipinski definition) is 1. The predicted molar refractivity (Wildman–Crippen MR) is 91.7 cm³/mol. The highest BCUT2D eigenvalue weighted by atomic mass is 15.2. The van der Waals surface area contributed by atoms with Gasteiger partial charge in [0.1, 0.15) is 0 Å². The Bertz CT molecular complexity index is 295. The molecule has 1 aliphatic heterocycles. The largest absolute Gasteiger partial charge is 0.315 e. The summed E-state index contributed by atoms with van der Waals surface area (Å²) in [7, 11) is 6.57. The van der Waals surface area contributed by atoms with E-state index in [1.54, 1.807) is 0 Å². The lowest BCUT2D eigenvalue weighted by molar-refractivity contribution is 0.0536. The normalized spacial score (nSPS) is 33.0. The summed E-state index contributed by atoms with van der Waals surface area (Å²) in [6.45, 7) is 8.70. The van der Waals surface area contributed by atoms with Crippen LogP contribution in [0.2, 0.25) is 0 Å². The van der Waals surface area contributed by atoms with Gasteiger partial charge in [0.15, 0.2) is 0 Å². The summed E-state index contributed by atoms with van der Waals surface area (Å²) in [6.07, 6.45) is 6.95. The van der Waals surface area contributed by atoms with Gasteiger partial charge >= 0.3 is 0 Å². The van der Waals surface area contributed by atoms with Crippen LogP contribution in [0.25, 0.3) is 0 Å². The molecule has 124 valence electrons. The molecule has 1 heterocycles. The molecule has 2 fully saturated rings. The molecule has 1 aliphatic carbocycles. The fourth-order valence-corrected chi connectivity index (χ4v) is 4.51. The topological polar surface area (TPSA) is 18.5 Å². The van der Waals surface area contributed by atoms with E-state index in [0.29, 0.717) is 6.04 Å². The van der Waals surface area contributed by atoms with Crippen LogP contribution in [0.15, 0.2) is 0 Å². The van der Waals surface area contributed by atoms with E-state index in [0.717, 1.165) is 23.8 Å². The van der Waals surface area contributed by atoms with Crippen molar-refractivity contribution in [2.24, 2.45) is 17.8 Å². The predicted octanol–water partition coefficient (Wildman–Crippen LogP) is 2.67. The number of rotatable bonds is 5. The van der Waals surface area contributed by atoms with Gasteiger partial charge in [-0.3, -0.25) is 4.90 Å². The van der Waals surface area contributed by atoms with Gasteiger partial charge in [-0.05, 0) is 84.1 Å². The van der Waals surface area contributed by atoms with Crippen LogP contribution in [0.4, 0.5) is 0 Å². The maximum absolute atomic E-state index is 3.60. The van der Waals surface area contributed by atoms with Gasteiger partial charge in [-0.1, -0.05) is 13.8 Å². The first-order chi connectivity index (χ1) is 10.0. The van der Waals surface area contributed by atoms with Crippen LogP contribution in [-0.4, -0.2) is 62.7 Å². The van der Waals surface area contributed by atoms with Gasteiger partial charge in [0.25, 0.3) is 0 Å². The zero-order chi connectivity index (χ0) is 15.4. The molecule has 0 amide bonds. The molecular weight excluding hydrogens is 258 g/mol. The Morgan fingerprint density at radius 1 is 1.10 bits per heavy atom. The summed E-state index contributed by atoms with van der Waals surface area (Å²) in [5.41, 5.74) is 0. The Morgan fingerprint density at radius 2 is 1.76 bits per heavy atom. The number of likely N-dealkylation sites (N-methyl/N-ethyl adjacent to an activating group) is 1.